The largest absolute Gasteiger partial charge is 0.381 e. The highest BCUT2D eigenvalue weighted by Crippen LogP contribution is 2.38. The molecule has 0 radical (unpaired) electrons. The maximum Gasteiger partial charge on any atom is 0.193 e. The average Bonchev–Trinajstić information content (AvgIpc) is 3.29. The van der Waals surface area contributed by atoms with E-state index in [4.69, 9.17) is 4.74 Å². The van der Waals surface area contributed by atoms with Crippen molar-refractivity contribution < 1.29 is 4.74 Å². The fourth-order valence-electron chi connectivity index (χ4n) is 4.18. The van der Waals surface area contributed by atoms with Crippen LogP contribution in [0.1, 0.15) is 43.6 Å². The normalized spacial score (nSPS) is 23.4. The Morgan fingerprint density at radius 1 is 1.32 bits per heavy atom. The van der Waals surface area contributed by atoms with E-state index < -0.39 is 0 Å². The molecule has 0 aliphatic carbocycles. The first kappa shape index (κ1) is 20.5. The molecule has 1 spiro atoms. The zero-order valence-corrected chi connectivity index (χ0v) is 18.3. The smallest absolute Gasteiger partial charge is 0.193 e. The van der Waals surface area contributed by atoms with E-state index in [1.54, 1.807) is 0 Å². The summed E-state index contributed by atoms with van der Waals surface area (Å²) >= 11 is 0. The Balaban J connectivity index is 0.00000225. The summed E-state index contributed by atoms with van der Waals surface area (Å²) in [6.45, 7) is 9.10. The van der Waals surface area contributed by atoms with Crippen molar-refractivity contribution in [1.29, 1.82) is 0 Å². The summed E-state index contributed by atoms with van der Waals surface area (Å²) < 4.78 is 7.67. The van der Waals surface area contributed by atoms with E-state index in [1.165, 1.54) is 29.8 Å². The Labute approximate surface area is 168 Å². The van der Waals surface area contributed by atoms with Gasteiger partial charge in [-0.3, -0.25) is 9.67 Å². The Bertz CT molecular complexity index is 607. The number of aliphatic imine (C=N–C) groups is 1. The lowest BCUT2D eigenvalue weighted by Crippen LogP contribution is -2.41. The number of halogens is 1. The number of hydrogen-bond acceptors (Lipinski definition) is 3. The molecule has 2 fully saturated rings. The second kappa shape index (κ2) is 8.70. The quantitative estimate of drug-likeness (QED) is 0.425. The summed E-state index contributed by atoms with van der Waals surface area (Å²) in [5, 5.41) is 8.24. The molecule has 1 atom stereocenters. The summed E-state index contributed by atoms with van der Waals surface area (Å²) in [5.41, 5.74) is 4.20. The predicted molar refractivity (Wildman–Crippen MR) is 112 cm³/mol. The van der Waals surface area contributed by atoms with Crippen LogP contribution < -0.4 is 5.32 Å². The third-order valence-electron chi connectivity index (χ3n) is 5.59. The minimum atomic E-state index is 0. The van der Waals surface area contributed by atoms with Crippen LogP contribution in [0.5, 0.6) is 0 Å². The molecule has 0 bridgehead atoms. The van der Waals surface area contributed by atoms with Gasteiger partial charge in [0.2, 0.25) is 0 Å². The first-order valence-electron chi connectivity index (χ1n) is 9.19. The number of nitrogens with one attached hydrogen (secondary N) is 1. The molecule has 1 N–H and O–H groups in total. The second-order valence-electron chi connectivity index (χ2n) is 7.08. The van der Waals surface area contributed by atoms with Crippen molar-refractivity contribution in [3.05, 3.63) is 17.0 Å². The van der Waals surface area contributed by atoms with Crippen LogP contribution in [0.3, 0.4) is 0 Å². The first-order valence-corrected chi connectivity index (χ1v) is 9.19. The number of nitrogens with zero attached hydrogens (tertiary/aromatic N) is 4. The van der Waals surface area contributed by atoms with Crippen molar-refractivity contribution in [3.63, 3.8) is 0 Å². The number of rotatable bonds is 4. The average molecular weight is 461 g/mol. The molecule has 3 heterocycles. The first-order chi connectivity index (χ1) is 11.6. The van der Waals surface area contributed by atoms with Gasteiger partial charge in [-0.25, -0.2) is 0 Å². The molecule has 2 saturated heterocycles. The van der Waals surface area contributed by atoms with Crippen LogP contribution in [0, 0.1) is 5.41 Å². The molecule has 0 aromatic carbocycles. The van der Waals surface area contributed by atoms with Crippen molar-refractivity contribution in [2.45, 2.75) is 46.1 Å². The van der Waals surface area contributed by atoms with Crippen LogP contribution in [0.4, 0.5) is 0 Å². The fraction of sp³-hybridized carbons (Fsp3) is 0.778. The molecule has 2 aliphatic heterocycles. The highest BCUT2D eigenvalue weighted by atomic mass is 127. The standard InChI is InChI=1S/C18H31N5O.HI/c1-5-15-14(16(6-2)22(4)21-15)11-20-17(19-3)23-9-7-18(12-23)8-10-24-13-18;/h5-13H2,1-4H3,(H,19,20);1H. The van der Waals surface area contributed by atoms with Crippen molar-refractivity contribution in [1.82, 2.24) is 20.0 Å². The molecule has 1 unspecified atom stereocenters. The van der Waals surface area contributed by atoms with Crippen molar-refractivity contribution in [2.75, 3.05) is 33.4 Å². The number of aromatic nitrogens is 2. The van der Waals surface area contributed by atoms with E-state index in [0.717, 1.165) is 51.6 Å². The minimum absolute atomic E-state index is 0. The van der Waals surface area contributed by atoms with Gasteiger partial charge in [0.05, 0.1) is 12.3 Å². The van der Waals surface area contributed by atoms with Gasteiger partial charge < -0.3 is 15.0 Å². The maximum atomic E-state index is 5.64. The Morgan fingerprint density at radius 3 is 2.72 bits per heavy atom. The molecule has 3 rings (SSSR count). The van der Waals surface area contributed by atoms with E-state index in [-0.39, 0.29) is 24.0 Å². The van der Waals surface area contributed by atoms with E-state index >= 15 is 0 Å². The molecule has 0 amide bonds. The lowest BCUT2D eigenvalue weighted by molar-refractivity contribution is 0.156. The Hall–Kier alpha value is -0.830. The third kappa shape index (κ3) is 4.13. The summed E-state index contributed by atoms with van der Waals surface area (Å²) in [6, 6.07) is 0. The zero-order valence-electron chi connectivity index (χ0n) is 16.0. The van der Waals surface area contributed by atoms with Crippen LogP contribution in [-0.4, -0.2) is 54.0 Å². The van der Waals surface area contributed by atoms with Gasteiger partial charge in [-0.1, -0.05) is 13.8 Å². The zero-order chi connectivity index (χ0) is 17.2. The van der Waals surface area contributed by atoms with E-state index in [2.05, 4.69) is 34.2 Å². The van der Waals surface area contributed by atoms with Gasteiger partial charge in [0.15, 0.2) is 5.96 Å². The van der Waals surface area contributed by atoms with Gasteiger partial charge in [-0.05, 0) is 25.7 Å². The Kier molecular flexibility index (Phi) is 7.13. The number of ether oxygens (including phenoxy) is 1. The van der Waals surface area contributed by atoms with Crippen LogP contribution in [0.2, 0.25) is 0 Å². The molecule has 0 saturated carbocycles. The maximum absolute atomic E-state index is 5.64. The molecular formula is C18H32IN5O. The van der Waals surface area contributed by atoms with Gasteiger partial charge in [-0.15, -0.1) is 24.0 Å². The lowest BCUT2D eigenvalue weighted by atomic mass is 9.87. The van der Waals surface area contributed by atoms with Gasteiger partial charge in [0.25, 0.3) is 0 Å². The highest BCUT2D eigenvalue weighted by molar-refractivity contribution is 14.0. The highest BCUT2D eigenvalue weighted by Gasteiger charge is 2.42. The van der Waals surface area contributed by atoms with Crippen LogP contribution in [0.25, 0.3) is 0 Å². The summed E-state index contributed by atoms with van der Waals surface area (Å²) in [6.07, 6.45) is 4.36. The topological polar surface area (TPSA) is 54.7 Å². The molecule has 142 valence electrons. The van der Waals surface area contributed by atoms with Gasteiger partial charge >= 0.3 is 0 Å². The second-order valence-corrected chi connectivity index (χ2v) is 7.08. The summed E-state index contributed by atoms with van der Waals surface area (Å²) in [5.74, 6) is 1.01. The summed E-state index contributed by atoms with van der Waals surface area (Å²) in [7, 11) is 3.92. The number of likely N-dealkylation sites (tertiary alicyclic amines) is 1. The molecule has 6 nitrogen and oxygen atoms in total. The van der Waals surface area contributed by atoms with Crippen LogP contribution >= 0.6 is 24.0 Å². The minimum Gasteiger partial charge on any atom is -0.381 e. The molecule has 1 aromatic rings. The van der Waals surface area contributed by atoms with E-state index in [9.17, 15) is 0 Å². The molecule has 1 aromatic heterocycles. The fourth-order valence-corrected chi connectivity index (χ4v) is 4.18. The van der Waals surface area contributed by atoms with Gasteiger partial charge in [-0.2, -0.15) is 5.10 Å². The molecular weight excluding hydrogens is 429 g/mol. The molecule has 7 heteroatoms. The van der Waals surface area contributed by atoms with Crippen molar-refractivity contribution in [3.8, 4) is 0 Å². The van der Waals surface area contributed by atoms with Crippen molar-refractivity contribution >= 4 is 29.9 Å². The number of guanidine groups is 1. The molecule has 2 aliphatic rings. The van der Waals surface area contributed by atoms with E-state index in [0.29, 0.717) is 5.41 Å². The van der Waals surface area contributed by atoms with E-state index in [1.807, 2.05) is 18.8 Å². The lowest BCUT2D eigenvalue weighted by Gasteiger charge is -2.25. The Morgan fingerprint density at radius 2 is 2.12 bits per heavy atom. The predicted octanol–water partition coefficient (Wildman–Crippen LogP) is 2.35. The monoisotopic (exact) mass is 461 g/mol. The summed E-state index contributed by atoms with van der Waals surface area (Å²) in [4.78, 5) is 6.91. The molecule has 25 heavy (non-hydrogen) atoms. The third-order valence-corrected chi connectivity index (χ3v) is 5.59. The SMILES string of the molecule is CCc1nn(C)c(CC)c1CNC(=NC)N1CCC2(CCOC2)C1.I. The number of aryl methyl sites for hydroxylation is 2. The number of hydrogen-bond donors (Lipinski definition) is 1. The van der Waals surface area contributed by atoms with Crippen molar-refractivity contribution in [2.24, 2.45) is 17.5 Å². The van der Waals surface area contributed by atoms with Crippen LogP contribution in [0.15, 0.2) is 4.99 Å². The van der Waals surface area contributed by atoms with Crippen LogP contribution in [-0.2, 0) is 31.2 Å². The van der Waals surface area contributed by atoms with Gasteiger partial charge in [0, 0.05) is 57.0 Å². The van der Waals surface area contributed by atoms with Gasteiger partial charge in [0.1, 0.15) is 0 Å².